The number of Topliss-reactive ketones (excluding diaryl/α,β-unsaturated/α-hetero) is 1. The molecule has 56 heavy (non-hydrogen) atoms. The predicted molar refractivity (Wildman–Crippen MR) is 219 cm³/mol. The van der Waals surface area contributed by atoms with Crippen LogP contribution in [0.3, 0.4) is 0 Å². The van der Waals surface area contributed by atoms with Gasteiger partial charge in [0.25, 0.3) is 0 Å². The van der Waals surface area contributed by atoms with Gasteiger partial charge in [0.15, 0.2) is 34.1 Å². The summed E-state index contributed by atoms with van der Waals surface area (Å²) in [5.74, 6) is -3.22. The number of carbonyl (C=O) groups is 4. The largest absolute Gasteiger partial charge is 0.455 e. The topological polar surface area (TPSA) is 133 Å². The molecule has 0 aromatic heterocycles. The average Bonchev–Trinajstić information content (AvgIpc) is 3.10. The van der Waals surface area contributed by atoms with Crippen molar-refractivity contribution in [2.45, 2.75) is 168 Å². The van der Waals surface area contributed by atoms with Crippen LogP contribution in [0, 0.1) is 16.7 Å². The molecule has 14 heteroatoms. The van der Waals surface area contributed by atoms with Gasteiger partial charge in [-0.25, -0.2) is 4.79 Å². The molecule has 4 aliphatic rings. The summed E-state index contributed by atoms with van der Waals surface area (Å²) >= 11 is 0. The average molecular weight is 830 g/mol. The molecule has 1 radical (unpaired) electrons. The normalized spacial score (nSPS) is 34.0. The maximum Gasteiger partial charge on any atom is 0.338 e. The minimum absolute atomic E-state index is 0.0316. The molecule has 1 aromatic carbocycles. The van der Waals surface area contributed by atoms with Crippen LogP contribution in [0.4, 0.5) is 0 Å². The van der Waals surface area contributed by atoms with Crippen molar-refractivity contribution in [1.29, 1.82) is 0 Å². The monoisotopic (exact) mass is 829 g/mol. The van der Waals surface area contributed by atoms with Crippen LogP contribution in [0.5, 0.6) is 0 Å². The molecule has 5 rings (SSSR count). The molecule has 1 saturated heterocycles. The lowest BCUT2D eigenvalue weighted by molar-refractivity contribution is -0.343. The van der Waals surface area contributed by atoms with Gasteiger partial charge in [0.2, 0.25) is 9.04 Å². The first kappa shape index (κ1) is 44.6. The van der Waals surface area contributed by atoms with Crippen LogP contribution in [-0.2, 0) is 46.6 Å². The second kappa shape index (κ2) is 15.9. The van der Waals surface area contributed by atoms with Gasteiger partial charge in [-0.3, -0.25) is 14.4 Å². The van der Waals surface area contributed by atoms with Gasteiger partial charge in [0, 0.05) is 32.1 Å². The number of ether oxygens (including phenoxy) is 4. The first-order chi connectivity index (χ1) is 26.0. The highest BCUT2D eigenvalue weighted by molar-refractivity contribution is 6.73. The lowest BCUT2D eigenvalue weighted by atomic mass is 9.44. The Balaban J connectivity index is 1.98. The molecule has 2 saturated carbocycles. The third-order valence-electron chi connectivity index (χ3n) is 13.3. The van der Waals surface area contributed by atoms with E-state index < -0.39 is 108 Å². The maximum absolute atomic E-state index is 16.2. The van der Waals surface area contributed by atoms with Crippen LogP contribution < -0.4 is 0 Å². The third kappa shape index (κ3) is 7.49. The van der Waals surface area contributed by atoms with Crippen LogP contribution in [-0.4, -0.2) is 97.7 Å². The minimum Gasteiger partial charge on any atom is -0.455 e. The number of carbonyl (C=O) groups excluding carboxylic acids is 4. The van der Waals surface area contributed by atoms with Gasteiger partial charge in [-0.05, 0) is 88.0 Å². The first-order valence-electron chi connectivity index (χ1n) is 20.3. The molecule has 0 amide bonds. The van der Waals surface area contributed by atoms with Gasteiger partial charge in [-0.2, -0.15) is 0 Å². The molecular weight excluding hydrogens is 765 g/mol. The Labute approximate surface area is 337 Å². The summed E-state index contributed by atoms with van der Waals surface area (Å²) in [7, 11) is -6.40. The number of hydrogen-bond acceptors (Lipinski definition) is 11. The number of esters is 3. The molecule has 0 N–H and O–H groups in total. The number of rotatable bonds is 13. The van der Waals surface area contributed by atoms with Crippen molar-refractivity contribution < 1.29 is 51.4 Å². The summed E-state index contributed by atoms with van der Waals surface area (Å²) in [6.07, 6.45) is -4.06. The summed E-state index contributed by atoms with van der Waals surface area (Å²) in [5.41, 5.74) is -3.76. The molecule has 11 nitrogen and oxygen atoms in total. The lowest BCUT2D eigenvalue weighted by Gasteiger charge is -2.69. The second-order valence-electron chi connectivity index (χ2n) is 18.3. The van der Waals surface area contributed by atoms with E-state index in [0.717, 1.165) is 23.7 Å². The Morgan fingerprint density at radius 3 is 2.00 bits per heavy atom. The van der Waals surface area contributed by atoms with Gasteiger partial charge >= 0.3 is 17.9 Å². The number of benzene rings is 1. The standard InChI is InChI=1S/C42H65O11Si3/c1-15-56(16-2,17-3)52-31-23-32-41(25-47-32,50-28(6)44)35-37(49-38(46)29-21-19-18-20-22-29)42(53-54(10)11)24-30(51-55(12,13)14)26(4)33(39(42,7)8)34(48-27(5)43)36(45)40(31,35)9/h18-22,30-32,34-35,37H,15-17,23-25H2,1-14H3/t30-,31-,32+,34+,35-,37-,40+,41-,42+/m0/s1. The Morgan fingerprint density at radius 2 is 1.52 bits per heavy atom. The highest BCUT2D eigenvalue weighted by Gasteiger charge is 2.79. The van der Waals surface area contributed by atoms with Crippen LogP contribution in [0.15, 0.2) is 41.5 Å². The SMILES string of the molecule is CC[Si](CC)(CC)O[C@H]1C[C@H]2OC[C@@]2(OC(C)=O)[C@H]2[C@H](OC(=O)c3ccccc3)[C@]3(O[Si](C)C)C[C@H](O[Si](C)(C)C)C(C)=C([C@@H](OC(C)=O)C(=O)[C@]12C)C3(C)C. The lowest BCUT2D eigenvalue weighted by Crippen LogP contribution is -2.82. The van der Waals surface area contributed by atoms with E-state index >= 15 is 4.79 Å². The van der Waals surface area contributed by atoms with E-state index in [4.69, 9.17) is 32.2 Å². The van der Waals surface area contributed by atoms with Crippen LogP contribution in [0.25, 0.3) is 0 Å². The van der Waals surface area contributed by atoms with Crippen molar-refractivity contribution in [2.75, 3.05) is 6.61 Å². The molecule has 3 aliphatic carbocycles. The summed E-state index contributed by atoms with van der Waals surface area (Å²) in [4.78, 5) is 57.6. The molecular formula is C42H65O11Si3. The highest BCUT2D eigenvalue weighted by atomic mass is 28.4. The zero-order valence-corrected chi connectivity index (χ0v) is 39.1. The summed E-state index contributed by atoms with van der Waals surface area (Å²) in [6.45, 7) is 27.2. The fraction of sp³-hybridized carbons (Fsp3) is 0.714. The summed E-state index contributed by atoms with van der Waals surface area (Å²) < 4.78 is 48.0. The number of hydrogen-bond donors (Lipinski definition) is 0. The predicted octanol–water partition coefficient (Wildman–Crippen LogP) is 7.82. The smallest absolute Gasteiger partial charge is 0.338 e. The van der Waals surface area contributed by atoms with E-state index in [0.29, 0.717) is 11.1 Å². The highest BCUT2D eigenvalue weighted by Crippen LogP contribution is 2.66. The second-order valence-corrected chi connectivity index (χ2v) is 29.5. The van der Waals surface area contributed by atoms with Crippen LogP contribution in [0.1, 0.15) is 85.5 Å². The van der Waals surface area contributed by atoms with Crippen molar-refractivity contribution in [2.24, 2.45) is 16.7 Å². The Bertz CT molecular complexity index is 1690. The maximum atomic E-state index is 16.2. The quantitative estimate of drug-likeness (QED) is 0.0835. The van der Waals surface area contributed by atoms with E-state index in [1.807, 2.05) is 46.9 Å². The first-order valence-corrected chi connectivity index (χ1v) is 28.7. The van der Waals surface area contributed by atoms with Crippen LogP contribution in [0.2, 0.25) is 50.9 Å². The van der Waals surface area contributed by atoms with Gasteiger partial charge < -0.3 is 32.2 Å². The molecule has 1 aliphatic heterocycles. The molecule has 0 unspecified atom stereocenters. The Morgan fingerprint density at radius 1 is 0.911 bits per heavy atom. The number of fused-ring (bicyclic) bond motifs is 5. The van der Waals surface area contributed by atoms with Crippen molar-refractivity contribution in [1.82, 2.24) is 0 Å². The van der Waals surface area contributed by atoms with Gasteiger partial charge in [0.1, 0.15) is 17.8 Å². The van der Waals surface area contributed by atoms with Gasteiger partial charge in [-0.1, -0.05) is 52.8 Å². The van der Waals surface area contributed by atoms with Gasteiger partial charge in [0.05, 0.1) is 35.7 Å². The van der Waals surface area contributed by atoms with Gasteiger partial charge in [-0.15, -0.1) is 0 Å². The number of ketones is 1. The summed E-state index contributed by atoms with van der Waals surface area (Å²) in [5, 5.41) is 0. The Hall–Kier alpha value is -2.47. The van der Waals surface area contributed by atoms with Crippen molar-refractivity contribution >= 4 is 49.4 Å². The van der Waals surface area contributed by atoms with Crippen molar-refractivity contribution in [3.63, 3.8) is 0 Å². The summed E-state index contributed by atoms with van der Waals surface area (Å²) in [6, 6.07) is 11.2. The molecule has 311 valence electrons. The van der Waals surface area contributed by atoms with E-state index in [-0.39, 0.29) is 19.4 Å². The Kier molecular flexibility index (Phi) is 12.7. The zero-order valence-electron chi connectivity index (χ0n) is 36.1. The molecule has 1 aromatic rings. The molecule has 3 fully saturated rings. The molecule has 9 atom stereocenters. The minimum atomic E-state index is -2.47. The van der Waals surface area contributed by atoms with Crippen LogP contribution >= 0.6 is 0 Å². The molecule has 2 bridgehead atoms. The molecule has 1 heterocycles. The third-order valence-corrected chi connectivity index (χ3v) is 19.7. The fourth-order valence-electron chi connectivity index (χ4n) is 10.5. The van der Waals surface area contributed by atoms with E-state index in [2.05, 4.69) is 40.4 Å². The van der Waals surface area contributed by atoms with E-state index in [9.17, 15) is 14.4 Å². The van der Waals surface area contributed by atoms with E-state index in [1.54, 1.807) is 24.3 Å². The van der Waals surface area contributed by atoms with Crippen molar-refractivity contribution in [3.05, 3.63) is 47.0 Å². The van der Waals surface area contributed by atoms with E-state index in [1.165, 1.54) is 13.8 Å². The van der Waals surface area contributed by atoms with Crippen molar-refractivity contribution in [3.8, 4) is 0 Å². The fourth-order valence-corrected chi connectivity index (χ4v) is 15.7. The molecule has 0 spiro atoms. The zero-order chi connectivity index (χ0) is 41.8.